The van der Waals surface area contributed by atoms with E-state index in [1.54, 1.807) is 0 Å². The number of hydrogen-bond acceptors (Lipinski definition) is 3. The number of hydrogen-bond donors (Lipinski definition) is 1. The van der Waals surface area contributed by atoms with Crippen LogP contribution in [-0.2, 0) is 6.61 Å². The SMILES string of the molecule is C[C@@H](O)c1ccc(OCc2cc(F)cc(C#N)c2)cc1F. The minimum Gasteiger partial charge on any atom is -0.489 e. The zero-order valence-electron chi connectivity index (χ0n) is 11.3. The molecule has 0 heterocycles. The first-order valence-electron chi connectivity index (χ1n) is 6.29. The number of nitriles is 1. The van der Waals surface area contributed by atoms with E-state index in [-0.39, 0.29) is 23.5 Å². The minimum absolute atomic E-state index is 0.0138. The second-order valence-corrected chi connectivity index (χ2v) is 4.61. The van der Waals surface area contributed by atoms with Gasteiger partial charge < -0.3 is 9.84 Å². The highest BCUT2D eigenvalue weighted by molar-refractivity contribution is 5.34. The lowest BCUT2D eigenvalue weighted by molar-refractivity contribution is 0.194. The van der Waals surface area contributed by atoms with Gasteiger partial charge in [0.1, 0.15) is 24.0 Å². The van der Waals surface area contributed by atoms with Crippen molar-refractivity contribution >= 4 is 0 Å². The van der Waals surface area contributed by atoms with Crippen LogP contribution < -0.4 is 4.74 Å². The van der Waals surface area contributed by atoms with Crippen LogP contribution in [0.4, 0.5) is 8.78 Å². The summed E-state index contributed by atoms with van der Waals surface area (Å²) in [7, 11) is 0. The third kappa shape index (κ3) is 3.77. The van der Waals surface area contributed by atoms with Gasteiger partial charge in [0.05, 0.1) is 17.7 Å². The Morgan fingerprint density at radius 3 is 2.62 bits per heavy atom. The Balaban J connectivity index is 2.12. The fourth-order valence-corrected chi connectivity index (χ4v) is 1.90. The van der Waals surface area contributed by atoms with E-state index in [4.69, 9.17) is 10.00 Å². The van der Waals surface area contributed by atoms with Gasteiger partial charge in [-0.15, -0.1) is 0 Å². The summed E-state index contributed by atoms with van der Waals surface area (Å²) >= 11 is 0. The monoisotopic (exact) mass is 289 g/mol. The number of nitrogens with zero attached hydrogens (tertiary/aromatic N) is 1. The quantitative estimate of drug-likeness (QED) is 0.937. The van der Waals surface area contributed by atoms with Gasteiger partial charge in [-0.3, -0.25) is 0 Å². The predicted molar refractivity (Wildman–Crippen MR) is 72.5 cm³/mol. The van der Waals surface area contributed by atoms with Crippen LogP contribution in [0.2, 0.25) is 0 Å². The molecule has 0 aliphatic rings. The fraction of sp³-hybridized carbons (Fsp3) is 0.188. The molecule has 0 amide bonds. The van der Waals surface area contributed by atoms with Gasteiger partial charge in [0.15, 0.2) is 0 Å². The standard InChI is InChI=1S/C16H13F2NO2/c1-10(20)15-3-2-14(7-16(15)18)21-9-12-4-11(8-19)5-13(17)6-12/h2-7,10,20H,9H2,1H3/t10-/m1/s1. The molecule has 0 radical (unpaired) electrons. The molecule has 0 bridgehead atoms. The number of rotatable bonds is 4. The van der Waals surface area contributed by atoms with Crippen LogP contribution in [0, 0.1) is 23.0 Å². The molecule has 1 atom stereocenters. The first kappa shape index (κ1) is 14.9. The first-order valence-corrected chi connectivity index (χ1v) is 6.29. The molecule has 0 fully saturated rings. The molecule has 0 aliphatic carbocycles. The van der Waals surface area contributed by atoms with Crippen LogP contribution in [0.5, 0.6) is 5.75 Å². The number of aliphatic hydroxyl groups is 1. The molecule has 1 N–H and O–H groups in total. The zero-order chi connectivity index (χ0) is 15.4. The maximum absolute atomic E-state index is 13.7. The summed E-state index contributed by atoms with van der Waals surface area (Å²) in [4.78, 5) is 0. The molecule has 2 aromatic rings. The normalized spacial score (nSPS) is 11.8. The summed E-state index contributed by atoms with van der Waals surface area (Å²) in [6, 6.07) is 9.85. The van der Waals surface area contributed by atoms with E-state index in [9.17, 15) is 13.9 Å². The lowest BCUT2D eigenvalue weighted by atomic mass is 10.1. The second kappa shape index (κ2) is 6.33. The molecule has 0 aliphatic heterocycles. The van der Waals surface area contributed by atoms with Gasteiger partial charge in [0.2, 0.25) is 0 Å². The molecule has 2 rings (SSSR count). The number of aliphatic hydroxyl groups excluding tert-OH is 1. The van der Waals surface area contributed by atoms with Crippen LogP contribution >= 0.6 is 0 Å². The molecule has 0 unspecified atom stereocenters. The summed E-state index contributed by atoms with van der Waals surface area (Å²) in [5.74, 6) is -0.831. The summed E-state index contributed by atoms with van der Waals surface area (Å²) in [6.45, 7) is 1.48. The average Bonchev–Trinajstić information content (AvgIpc) is 2.44. The summed E-state index contributed by atoms with van der Waals surface area (Å²) in [5, 5.41) is 18.1. The topological polar surface area (TPSA) is 53.2 Å². The van der Waals surface area contributed by atoms with Crippen molar-refractivity contribution < 1.29 is 18.6 Å². The van der Waals surface area contributed by atoms with E-state index in [0.717, 1.165) is 12.1 Å². The smallest absolute Gasteiger partial charge is 0.132 e. The third-order valence-corrected chi connectivity index (χ3v) is 2.91. The molecule has 21 heavy (non-hydrogen) atoms. The van der Waals surface area contributed by atoms with Gasteiger partial charge in [0, 0.05) is 11.6 Å². The summed E-state index contributed by atoms with van der Waals surface area (Å²) < 4.78 is 32.3. The Morgan fingerprint density at radius 2 is 2.00 bits per heavy atom. The molecule has 0 saturated heterocycles. The molecule has 3 nitrogen and oxygen atoms in total. The summed E-state index contributed by atoms with van der Waals surface area (Å²) in [5.41, 5.74) is 0.857. The van der Waals surface area contributed by atoms with Gasteiger partial charge >= 0.3 is 0 Å². The lowest BCUT2D eigenvalue weighted by Crippen LogP contribution is -2.00. The van der Waals surface area contributed by atoms with Crippen molar-refractivity contribution in [3.8, 4) is 11.8 Å². The number of benzene rings is 2. The molecule has 108 valence electrons. The Morgan fingerprint density at radius 1 is 1.24 bits per heavy atom. The van der Waals surface area contributed by atoms with Crippen LogP contribution in [-0.4, -0.2) is 5.11 Å². The van der Waals surface area contributed by atoms with Crippen molar-refractivity contribution in [1.82, 2.24) is 0 Å². The molecule has 5 heteroatoms. The largest absolute Gasteiger partial charge is 0.489 e. The Hall–Kier alpha value is -2.45. The fourth-order valence-electron chi connectivity index (χ4n) is 1.90. The van der Waals surface area contributed by atoms with Crippen molar-refractivity contribution in [2.75, 3.05) is 0 Å². The van der Waals surface area contributed by atoms with Gasteiger partial charge in [-0.25, -0.2) is 8.78 Å². The van der Waals surface area contributed by atoms with Gasteiger partial charge in [0.25, 0.3) is 0 Å². The highest BCUT2D eigenvalue weighted by Gasteiger charge is 2.09. The van der Waals surface area contributed by atoms with Crippen molar-refractivity contribution in [3.63, 3.8) is 0 Å². The Labute approximate surface area is 121 Å². The Kier molecular flexibility index (Phi) is 4.51. The molecule has 2 aromatic carbocycles. The van der Waals surface area contributed by atoms with E-state index in [0.29, 0.717) is 5.56 Å². The number of halogens is 2. The van der Waals surface area contributed by atoms with E-state index in [1.807, 2.05) is 6.07 Å². The van der Waals surface area contributed by atoms with Crippen molar-refractivity contribution in [2.24, 2.45) is 0 Å². The molecule has 0 saturated carbocycles. The minimum atomic E-state index is -0.902. The molecular weight excluding hydrogens is 276 g/mol. The first-order chi connectivity index (χ1) is 9.99. The van der Waals surface area contributed by atoms with E-state index in [1.165, 1.54) is 31.2 Å². The highest BCUT2D eigenvalue weighted by Crippen LogP contribution is 2.22. The molecule has 0 spiro atoms. The van der Waals surface area contributed by atoms with E-state index < -0.39 is 17.7 Å². The van der Waals surface area contributed by atoms with E-state index in [2.05, 4.69) is 0 Å². The van der Waals surface area contributed by atoms with Gasteiger partial charge in [-0.2, -0.15) is 5.26 Å². The van der Waals surface area contributed by atoms with E-state index >= 15 is 0 Å². The van der Waals surface area contributed by atoms with Crippen molar-refractivity contribution in [2.45, 2.75) is 19.6 Å². The van der Waals surface area contributed by atoms with Crippen molar-refractivity contribution in [1.29, 1.82) is 5.26 Å². The van der Waals surface area contributed by atoms with Crippen LogP contribution in [0.1, 0.15) is 29.7 Å². The average molecular weight is 289 g/mol. The predicted octanol–water partition coefficient (Wildman–Crippen LogP) is 3.47. The maximum atomic E-state index is 13.7. The van der Waals surface area contributed by atoms with Crippen molar-refractivity contribution in [3.05, 3.63) is 64.7 Å². The Bertz CT molecular complexity index is 693. The number of ether oxygens (including phenoxy) is 1. The van der Waals surface area contributed by atoms with Crippen LogP contribution in [0.15, 0.2) is 36.4 Å². The van der Waals surface area contributed by atoms with Gasteiger partial charge in [-0.1, -0.05) is 0 Å². The highest BCUT2D eigenvalue weighted by atomic mass is 19.1. The third-order valence-electron chi connectivity index (χ3n) is 2.91. The molecule has 0 aromatic heterocycles. The molecular formula is C16H13F2NO2. The zero-order valence-corrected chi connectivity index (χ0v) is 11.3. The van der Waals surface area contributed by atoms with Crippen LogP contribution in [0.3, 0.4) is 0 Å². The van der Waals surface area contributed by atoms with Crippen LogP contribution in [0.25, 0.3) is 0 Å². The van der Waals surface area contributed by atoms with Gasteiger partial charge in [-0.05, 0) is 42.8 Å². The lowest BCUT2D eigenvalue weighted by Gasteiger charge is -2.10. The maximum Gasteiger partial charge on any atom is 0.132 e. The summed E-state index contributed by atoms with van der Waals surface area (Å²) in [6.07, 6.45) is -0.902. The second-order valence-electron chi connectivity index (χ2n) is 4.61.